The molecule has 4 heteroatoms. The van der Waals surface area contributed by atoms with Gasteiger partial charge in [-0.1, -0.05) is 11.6 Å². The maximum Gasteiger partial charge on any atom is 0.0621 e. The molecule has 0 aliphatic heterocycles. The maximum absolute atomic E-state index is 6.11. The van der Waals surface area contributed by atoms with E-state index in [4.69, 9.17) is 27.9 Å². The molecule has 1 aromatic heterocycles. The first-order valence-electron chi connectivity index (χ1n) is 4.45. The summed E-state index contributed by atoms with van der Waals surface area (Å²) in [5.41, 5.74) is 1.04. The van der Waals surface area contributed by atoms with Crippen LogP contribution in [0.1, 0.15) is 12.0 Å². The van der Waals surface area contributed by atoms with Crippen LogP contribution in [0.4, 0.5) is 0 Å². The van der Waals surface area contributed by atoms with Gasteiger partial charge in [0.25, 0.3) is 0 Å². The van der Waals surface area contributed by atoms with Crippen LogP contribution in [0.15, 0.2) is 18.5 Å². The van der Waals surface area contributed by atoms with Crippen molar-refractivity contribution in [3.63, 3.8) is 0 Å². The number of nitrogens with zero attached hydrogens (tertiary/aromatic N) is 1. The molecule has 0 aliphatic carbocycles. The Morgan fingerprint density at radius 3 is 3.00 bits per heavy atom. The van der Waals surface area contributed by atoms with Crippen LogP contribution >= 0.6 is 23.2 Å². The van der Waals surface area contributed by atoms with Crippen molar-refractivity contribution in [2.24, 2.45) is 0 Å². The monoisotopic (exact) mass is 233 g/mol. The number of hydrogen-bond donors (Lipinski definition) is 0. The van der Waals surface area contributed by atoms with Gasteiger partial charge in [-0.05, 0) is 24.5 Å². The highest BCUT2D eigenvalue weighted by Crippen LogP contribution is 2.18. The van der Waals surface area contributed by atoms with Crippen molar-refractivity contribution in [2.45, 2.75) is 18.2 Å². The third-order valence-electron chi connectivity index (χ3n) is 1.93. The molecule has 1 rings (SSSR count). The van der Waals surface area contributed by atoms with Crippen molar-refractivity contribution in [3.8, 4) is 0 Å². The molecule has 0 saturated carbocycles. The maximum atomic E-state index is 6.11. The Kier molecular flexibility index (Phi) is 5.23. The van der Waals surface area contributed by atoms with E-state index in [0.717, 1.165) is 18.4 Å². The van der Waals surface area contributed by atoms with E-state index in [1.807, 2.05) is 6.07 Å². The summed E-state index contributed by atoms with van der Waals surface area (Å²) in [5, 5.41) is 0.741. The highest BCUT2D eigenvalue weighted by molar-refractivity contribution is 6.31. The molecule has 0 N–H and O–H groups in total. The lowest BCUT2D eigenvalue weighted by atomic mass is 10.1. The number of methoxy groups -OCH3 is 1. The van der Waals surface area contributed by atoms with E-state index in [0.29, 0.717) is 11.6 Å². The summed E-state index contributed by atoms with van der Waals surface area (Å²) in [4.78, 5) is 3.91. The van der Waals surface area contributed by atoms with Gasteiger partial charge < -0.3 is 4.74 Å². The zero-order chi connectivity index (χ0) is 10.4. The Labute approximate surface area is 94.2 Å². The number of aromatic nitrogens is 1. The Morgan fingerprint density at radius 1 is 1.57 bits per heavy atom. The topological polar surface area (TPSA) is 22.1 Å². The lowest BCUT2D eigenvalue weighted by molar-refractivity contribution is 0.194. The summed E-state index contributed by atoms with van der Waals surface area (Å²) in [7, 11) is 1.67. The second-order valence-electron chi connectivity index (χ2n) is 3.05. The van der Waals surface area contributed by atoms with E-state index in [2.05, 4.69) is 4.98 Å². The van der Waals surface area contributed by atoms with Gasteiger partial charge in [0.2, 0.25) is 0 Å². The number of halogens is 2. The van der Waals surface area contributed by atoms with Crippen LogP contribution in [0.25, 0.3) is 0 Å². The standard InChI is InChI=1S/C10H13Cl2NO/c1-14-5-3-9(11)6-8-2-4-13-7-10(8)12/h2,4,7,9H,3,5-6H2,1H3. The molecule has 2 nitrogen and oxygen atoms in total. The molecule has 0 radical (unpaired) electrons. The Bertz CT molecular complexity index is 281. The van der Waals surface area contributed by atoms with Crippen LogP contribution in [0.2, 0.25) is 5.02 Å². The van der Waals surface area contributed by atoms with Crippen molar-refractivity contribution in [3.05, 3.63) is 29.0 Å². The number of alkyl halides is 1. The van der Waals surface area contributed by atoms with Crippen LogP contribution in [0, 0.1) is 0 Å². The van der Waals surface area contributed by atoms with Crippen molar-refractivity contribution in [1.82, 2.24) is 4.98 Å². The van der Waals surface area contributed by atoms with Crippen LogP contribution in [-0.4, -0.2) is 24.1 Å². The summed E-state index contributed by atoms with van der Waals surface area (Å²) in [5.74, 6) is 0. The second-order valence-corrected chi connectivity index (χ2v) is 4.07. The lowest BCUT2D eigenvalue weighted by Crippen LogP contribution is -2.07. The molecule has 1 heterocycles. The van der Waals surface area contributed by atoms with Gasteiger partial charge in [0.1, 0.15) is 0 Å². The first kappa shape index (κ1) is 11.8. The van der Waals surface area contributed by atoms with E-state index < -0.39 is 0 Å². The fourth-order valence-corrected chi connectivity index (χ4v) is 1.61. The number of rotatable bonds is 5. The van der Waals surface area contributed by atoms with Crippen molar-refractivity contribution in [1.29, 1.82) is 0 Å². The molecule has 14 heavy (non-hydrogen) atoms. The average molecular weight is 234 g/mol. The first-order chi connectivity index (χ1) is 6.74. The van der Waals surface area contributed by atoms with Gasteiger partial charge in [0, 0.05) is 31.5 Å². The zero-order valence-electron chi connectivity index (χ0n) is 8.04. The van der Waals surface area contributed by atoms with Crippen molar-refractivity contribution >= 4 is 23.2 Å². The summed E-state index contributed by atoms with van der Waals surface area (Å²) in [6, 6.07) is 1.89. The van der Waals surface area contributed by atoms with Crippen LogP contribution < -0.4 is 0 Å². The minimum Gasteiger partial charge on any atom is -0.385 e. The van der Waals surface area contributed by atoms with E-state index in [-0.39, 0.29) is 5.38 Å². The highest BCUT2D eigenvalue weighted by atomic mass is 35.5. The molecule has 0 fully saturated rings. The minimum absolute atomic E-state index is 0.0647. The third kappa shape index (κ3) is 3.82. The first-order valence-corrected chi connectivity index (χ1v) is 5.27. The van der Waals surface area contributed by atoms with Gasteiger partial charge in [0.15, 0.2) is 0 Å². The highest BCUT2D eigenvalue weighted by Gasteiger charge is 2.08. The van der Waals surface area contributed by atoms with Gasteiger partial charge >= 0.3 is 0 Å². The zero-order valence-corrected chi connectivity index (χ0v) is 9.55. The number of ether oxygens (including phenoxy) is 1. The van der Waals surface area contributed by atoms with E-state index >= 15 is 0 Å². The van der Waals surface area contributed by atoms with E-state index in [1.165, 1.54) is 0 Å². The fraction of sp³-hybridized carbons (Fsp3) is 0.500. The normalized spacial score (nSPS) is 12.8. The summed E-state index contributed by atoms with van der Waals surface area (Å²) < 4.78 is 4.95. The quantitative estimate of drug-likeness (QED) is 0.731. The van der Waals surface area contributed by atoms with Crippen molar-refractivity contribution in [2.75, 3.05) is 13.7 Å². The molecule has 0 bridgehead atoms. The number of hydrogen-bond acceptors (Lipinski definition) is 2. The average Bonchev–Trinajstić information content (AvgIpc) is 2.18. The summed E-state index contributed by atoms with van der Waals surface area (Å²) in [6.07, 6.45) is 4.95. The predicted molar refractivity (Wildman–Crippen MR) is 59.1 cm³/mol. The SMILES string of the molecule is COCCC(Cl)Cc1ccncc1Cl. The Balaban J connectivity index is 2.47. The van der Waals surface area contributed by atoms with Crippen molar-refractivity contribution < 1.29 is 4.74 Å². The molecule has 1 unspecified atom stereocenters. The second kappa shape index (κ2) is 6.23. The van der Waals surface area contributed by atoms with Gasteiger partial charge in [-0.15, -0.1) is 11.6 Å². The van der Waals surface area contributed by atoms with Crippen LogP contribution in [0.5, 0.6) is 0 Å². The third-order valence-corrected chi connectivity index (χ3v) is 2.65. The van der Waals surface area contributed by atoms with Gasteiger partial charge in [-0.3, -0.25) is 4.98 Å². The molecule has 0 saturated heterocycles. The molecule has 1 atom stereocenters. The fourth-order valence-electron chi connectivity index (χ4n) is 1.16. The summed E-state index contributed by atoms with van der Waals surface area (Å²) >= 11 is 12.1. The molecule has 0 aromatic carbocycles. The summed E-state index contributed by atoms with van der Waals surface area (Å²) in [6.45, 7) is 0.677. The molecule has 1 aromatic rings. The molecular weight excluding hydrogens is 221 g/mol. The van der Waals surface area contributed by atoms with E-state index in [9.17, 15) is 0 Å². The van der Waals surface area contributed by atoms with Crippen LogP contribution in [-0.2, 0) is 11.2 Å². The smallest absolute Gasteiger partial charge is 0.0621 e. The predicted octanol–water partition coefficient (Wildman–Crippen LogP) is 2.92. The molecule has 0 aliphatic rings. The largest absolute Gasteiger partial charge is 0.385 e. The Morgan fingerprint density at radius 2 is 2.36 bits per heavy atom. The van der Waals surface area contributed by atoms with Gasteiger partial charge in [-0.2, -0.15) is 0 Å². The molecule has 0 amide bonds. The van der Waals surface area contributed by atoms with E-state index in [1.54, 1.807) is 19.5 Å². The van der Waals surface area contributed by atoms with Gasteiger partial charge in [-0.25, -0.2) is 0 Å². The minimum atomic E-state index is 0.0647. The van der Waals surface area contributed by atoms with Crippen LogP contribution in [0.3, 0.4) is 0 Å². The molecule has 0 spiro atoms. The number of pyridine rings is 1. The molecular formula is C10H13Cl2NO. The lowest BCUT2D eigenvalue weighted by Gasteiger charge is -2.09. The van der Waals surface area contributed by atoms with Gasteiger partial charge in [0.05, 0.1) is 5.02 Å². The molecule has 78 valence electrons. The Hall–Kier alpha value is -0.310.